The van der Waals surface area contributed by atoms with Gasteiger partial charge in [-0.3, -0.25) is 4.79 Å². The molecule has 0 aliphatic carbocycles. The maximum absolute atomic E-state index is 11.2. The molecule has 0 aromatic carbocycles. The van der Waals surface area contributed by atoms with Gasteiger partial charge in [-0.05, 0) is 31.9 Å². The van der Waals surface area contributed by atoms with Crippen LogP contribution in [0, 0.1) is 0 Å². The first-order valence-corrected chi connectivity index (χ1v) is 6.56. The molecule has 4 nitrogen and oxygen atoms in total. The molecule has 0 aliphatic rings. The van der Waals surface area contributed by atoms with E-state index in [9.17, 15) is 9.59 Å². The highest BCUT2D eigenvalue weighted by atomic mass is 32.1. The van der Waals surface area contributed by atoms with Gasteiger partial charge in [-0.25, -0.2) is 4.79 Å². The predicted octanol–water partition coefficient (Wildman–Crippen LogP) is 2.20. The predicted molar refractivity (Wildman–Crippen MR) is 69.7 cm³/mol. The van der Waals surface area contributed by atoms with Gasteiger partial charge < -0.3 is 10.6 Å². The zero-order chi connectivity index (χ0) is 12.7. The Labute approximate surface area is 105 Å². The van der Waals surface area contributed by atoms with Crippen LogP contribution >= 0.6 is 11.3 Å². The van der Waals surface area contributed by atoms with Crippen molar-refractivity contribution in [3.05, 3.63) is 21.9 Å². The number of hydrogen-bond acceptors (Lipinski definition) is 3. The maximum atomic E-state index is 11.2. The Bertz CT molecular complexity index is 388. The van der Waals surface area contributed by atoms with E-state index in [1.165, 1.54) is 11.3 Å². The first-order chi connectivity index (χ1) is 8.13. The lowest BCUT2D eigenvalue weighted by Crippen LogP contribution is -2.36. The third kappa shape index (κ3) is 4.99. The second-order valence-corrected chi connectivity index (χ2v) is 4.92. The van der Waals surface area contributed by atoms with E-state index >= 15 is 0 Å². The van der Waals surface area contributed by atoms with Gasteiger partial charge in [-0.15, -0.1) is 11.3 Å². The average molecular weight is 254 g/mol. The van der Waals surface area contributed by atoms with Crippen LogP contribution in [0.4, 0.5) is 4.79 Å². The molecule has 0 radical (unpaired) electrons. The molecular formula is C12H18N2O2S. The molecule has 1 rings (SSSR count). The van der Waals surface area contributed by atoms with E-state index in [2.05, 4.69) is 10.6 Å². The molecule has 1 aromatic heterocycles. The number of carbonyl (C=O) groups excluding carboxylic acids is 2. The molecule has 0 unspecified atom stereocenters. The average Bonchev–Trinajstić information content (AvgIpc) is 2.75. The second kappa shape index (κ2) is 7.06. The van der Waals surface area contributed by atoms with Crippen LogP contribution < -0.4 is 10.6 Å². The summed E-state index contributed by atoms with van der Waals surface area (Å²) < 4.78 is 0. The van der Waals surface area contributed by atoms with Gasteiger partial charge in [-0.1, -0.05) is 6.92 Å². The minimum absolute atomic E-state index is 0.0925. The number of hydrogen-bond donors (Lipinski definition) is 2. The summed E-state index contributed by atoms with van der Waals surface area (Å²) in [5.74, 6) is 0.0925. The molecule has 0 bridgehead atoms. The zero-order valence-electron chi connectivity index (χ0n) is 10.2. The molecule has 1 aromatic rings. The number of rotatable bonds is 6. The van der Waals surface area contributed by atoms with Crippen molar-refractivity contribution < 1.29 is 9.59 Å². The van der Waals surface area contributed by atoms with E-state index in [1.807, 2.05) is 19.1 Å². The van der Waals surface area contributed by atoms with Gasteiger partial charge in [0.25, 0.3) is 0 Å². The lowest BCUT2D eigenvalue weighted by atomic mass is 10.3. The van der Waals surface area contributed by atoms with Crippen molar-refractivity contribution in [2.24, 2.45) is 0 Å². The zero-order valence-corrected chi connectivity index (χ0v) is 11.0. The summed E-state index contributed by atoms with van der Waals surface area (Å²) in [6, 6.07) is 3.64. The highest BCUT2D eigenvalue weighted by Gasteiger charge is 2.04. The van der Waals surface area contributed by atoms with Crippen molar-refractivity contribution in [3.63, 3.8) is 0 Å². The number of amides is 2. The van der Waals surface area contributed by atoms with Crippen LogP contribution in [0.15, 0.2) is 12.1 Å². The van der Waals surface area contributed by atoms with Crippen molar-refractivity contribution in [2.75, 3.05) is 13.1 Å². The fraction of sp³-hybridized carbons (Fsp3) is 0.500. The first-order valence-electron chi connectivity index (χ1n) is 5.74. The van der Waals surface area contributed by atoms with Crippen LogP contribution in [0.5, 0.6) is 0 Å². The van der Waals surface area contributed by atoms with Crippen LogP contribution in [0.2, 0.25) is 0 Å². The van der Waals surface area contributed by atoms with E-state index in [0.717, 1.165) is 22.6 Å². The molecule has 2 N–H and O–H groups in total. The number of Topliss-reactive ketones (excluding diaryl/α,β-unsaturated/α-hetero) is 1. The monoisotopic (exact) mass is 254 g/mol. The maximum Gasteiger partial charge on any atom is 0.314 e. The summed E-state index contributed by atoms with van der Waals surface area (Å²) >= 11 is 1.49. The summed E-state index contributed by atoms with van der Waals surface area (Å²) in [6.07, 6.45) is 1.69. The Morgan fingerprint density at radius 1 is 1.24 bits per heavy atom. The fourth-order valence-electron chi connectivity index (χ4n) is 1.30. The molecular weight excluding hydrogens is 236 g/mol. The highest BCUT2D eigenvalue weighted by molar-refractivity contribution is 7.14. The molecule has 0 saturated carbocycles. The molecule has 17 heavy (non-hydrogen) atoms. The van der Waals surface area contributed by atoms with Gasteiger partial charge >= 0.3 is 6.03 Å². The third-order valence-electron chi connectivity index (χ3n) is 2.20. The largest absolute Gasteiger partial charge is 0.338 e. The lowest BCUT2D eigenvalue weighted by Gasteiger charge is -2.05. The third-order valence-corrected chi connectivity index (χ3v) is 3.45. The Balaban J connectivity index is 2.26. The molecule has 0 aliphatic heterocycles. The van der Waals surface area contributed by atoms with Crippen molar-refractivity contribution in [1.82, 2.24) is 10.6 Å². The van der Waals surface area contributed by atoms with Crippen molar-refractivity contribution >= 4 is 23.2 Å². The lowest BCUT2D eigenvalue weighted by molar-refractivity contribution is 0.102. The van der Waals surface area contributed by atoms with Gasteiger partial charge in [-0.2, -0.15) is 0 Å². The number of ketones is 1. The topological polar surface area (TPSA) is 58.2 Å². The van der Waals surface area contributed by atoms with Gasteiger partial charge in [0.1, 0.15) is 0 Å². The molecule has 0 saturated heterocycles. The smallest absolute Gasteiger partial charge is 0.314 e. The van der Waals surface area contributed by atoms with E-state index < -0.39 is 0 Å². The SMILES string of the molecule is CCCNC(=O)NCCc1ccc(C(C)=O)s1. The fourth-order valence-corrected chi connectivity index (χ4v) is 2.20. The summed E-state index contributed by atoms with van der Waals surface area (Å²) in [6.45, 7) is 4.86. The normalized spacial score (nSPS) is 10.0. The Morgan fingerprint density at radius 2 is 1.94 bits per heavy atom. The Kier molecular flexibility index (Phi) is 5.69. The Hall–Kier alpha value is -1.36. The minimum Gasteiger partial charge on any atom is -0.338 e. The van der Waals surface area contributed by atoms with Gasteiger partial charge in [0.15, 0.2) is 5.78 Å². The Morgan fingerprint density at radius 3 is 2.53 bits per heavy atom. The number of nitrogens with one attached hydrogen (secondary N) is 2. The molecule has 1 heterocycles. The van der Waals surface area contributed by atoms with Crippen molar-refractivity contribution in [1.29, 1.82) is 0 Å². The summed E-state index contributed by atoms with van der Waals surface area (Å²) in [5.41, 5.74) is 0. The molecule has 0 spiro atoms. The van der Waals surface area contributed by atoms with E-state index in [0.29, 0.717) is 13.1 Å². The quantitative estimate of drug-likeness (QED) is 0.765. The summed E-state index contributed by atoms with van der Waals surface area (Å²) in [5, 5.41) is 5.52. The highest BCUT2D eigenvalue weighted by Crippen LogP contribution is 2.16. The first kappa shape index (κ1) is 13.7. The van der Waals surface area contributed by atoms with Gasteiger partial charge in [0.2, 0.25) is 0 Å². The van der Waals surface area contributed by atoms with Crippen molar-refractivity contribution in [2.45, 2.75) is 26.7 Å². The summed E-state index contributed by atoms with van der Waals surface area (Å²) in [7, 11) is 0. The summed E-state index contributed by atoms with van der Waals surface area (Å²) in [4.78, 5) is 24.2. The molecule has 94 valence electrons. The van der Waals surface area contributed by atoms with Gasteiger partial charge in [0, 0.05) is 18.0 Å². The van der Waals surface area contributed by atoms with E-state index in [1.54, 1.807) is 6.92 Å². The van der Waals surface area contributed by atoms with E-state index in [-0.39, 0.29) is 11.8 Å². The van der Waals surface area contributed by atoms with Crippen LogP contribution in [-0.4, -0.2) is 24.9 Å². The number of carbonyl (C=O) groups is 2. The molecule has 2 amide bonds. The van der Waals surface area contributed by atoms with E-state index in [4.69, 9.17) is 0 Å². The number of thiophene rings is 1. The van der Waals surface area contributed by atoms with Crippen LogP contribution in [0.1, 0.15) is 34.8 Å². The van der Waals surface area contributed by atoms with Crippen LogP contribution in [0.3, 0.4) is 0 Å². The van der Waals surface area contributed by atoms with Crippen molar-refractivity contribution in [3.8, 4) is 0 Å². The number of urea groups is 1. The van der Waals surface area contributed by atoms with Crippen LogP contribution in [-0.2, 0) is 6.42 Å². The molecule has 0 atom stereocenters. The van der Waals surface area contributed by atoms with Crippen LogP contribution in [0.25, 0.3) is 0 Å². The second-order valence-electron chi connectivity index (χ2n) is 3.75. The standard InChI is InChI=1S/C12H18N2O2S/c1-3-7-13-12(16)14-8-6-10-4-5-11(17-10)9(2)15/h4-5H,3,6-8H2,1-2H3,(H2,13,14,16). The minimum atomic E-state index is -0.129. The van der Waals surface area contributed by atoms with Gasteiger partial charge in [0.05, 0.1) is 4.88 Å². The molecule has 0 fully saturated rings. The molecule has 5 heteroatoms.